The Labute approximate surface area is 133 Å². The number of rotatable bonds is 6. The van der Waals surface area contributed by atoms with Crippen LogP contribution in [0.4, 0.5) is 10.5 Å². The topological polar surface area (TPSA) is 78.5 Å². The lowest BCUT2D eigenvalue weighted by Gasteiger charge is -2.13. The molecule has 1 atom stereocenters. The van der Waals surface area contributed by atoms with E-state index in [1.807, 2.05) is 31.4 Å². The van der Waals surface area contributed by atoms with Crippen molar-refractivity contribution in [3.8, 4) is 0 Å². The molecule has 6 nitrogen and oxygen atoms in total. The predicted octanol–water partition coefficient (Wildman–Crippen LogP) is 1.61. The number of hydrogen-bond acceptors (Lipinski definition) is 4. The van der Waals surface area contributed by atoms with E-state index in [0.29, 0.717) is 12.1 Å². The molecule has 1 aliphatic heterocycles. The number of aryl methyl sites for hydroxylation is 1. The third kappa shape index (κ3) is 4.00. The standard InChI is InChI=1S/C15H19N3O3S/c1-10-4-3-5-11(8-10)16-13(19)9-18-14(20)12(6-7-22-2)17-15(18)21/h3-5,8,12H,6-7,9H2,1-2H3,(H,16,19)(H,17,21). The Hall–Kier alpha value is -2.02. The second kappa shape index (κ2) is 7.31. The highest BCUT2D eigenvalue weighted by Gasteiger charge is 2.38. The first kappa shape index (κ1) is 16.4. The van der Waals surface area contributed by atoms with Crippen molar-refractivity contribution in [1.82, 2.24) is 10.2 Å². The minimum absolute atomic E-state index is 0.269. The lowest BCUT2D eigenvalue weighted by atomic mass is 10.2. The molecule has 1 saturated heterocycles. The maximum absolute atomic E-state index is 12.1. The molecule has 0 bridgehead atoms. The zero-order chi connectivity index (χ0) is 16.1. The molecule has 1 fully saturated rings. The van der Waals surface area contributed by atoms with Gasteiger partial charge in [-0.15, -0.1) is 0 Å². The summed E-state index contributed by atoms with van der Waals surface area (Å²) in [6, 6.07) is 6.31. The van der Waals surface area contributed by atoms with Gasteiger partial charge in [0.25, 0.3) is 5.91 Å². The summed E-state index contributed by atoms with van der Waals surface area (Å²) < 4.78 is 0. The second-order valence-corrected chi connectivity index (χ2v) is 6.11. The zero-order valence-electron chi connectivity index (χ0n) is 12.6. The molecule has 0 aliphatic carbocycles. The lowest BCUT2D eigenvalue weighted by molar-refractivity contribution is -0.130. The van der Waals surface area contributed by atoms with Gasteiger partial charge in [0.05, 0.1) is 0 Å². The largest absolute Gasteiger partial charge is 0.326 e. The van der Waals surface area contributed by atoms with Crippen molar-refractivity contribution in [1.29, 1.82) is 0 Å². The van der Waals surface area contributed by atoms with Gasteiger partial charge in [0.1, 0.15) is 12.6 Å². The third-order valence-electron chi connectivity index (χ3n) is 3.32. The third-order valence-corrected chi connectivity index (χ3v) is 3.97. The molecule has 1 aliphatic rings. The molecule has 22 heavy (non-hydrogen) atoms. The van der Waals surface area contributed by atoms with Crippen molar-refractivity contribution in [3.63, 3.8) is 0 Å². The fourth-order valence-corrected chi connectivity index (χ4v) is 2.70. The van der Waals surface area contributed by atoms with E-state index < -0.39 is 12.1 Å². The van der Waals surface area contributed by atoms with Gasteiger partial charge in [-0.25, -0.2) is 4.79 Å². The number of amides is 4. The Morgan fingerprint density at radius 2 is 2.18 bits per heavy atom. The summed E-state index contributed by atoms with van der Waals surface area (Å²) in [5.41, 5.74) is 1.67. The van der Waals surface area contributed by atoms with Crippen molar-refractivity contribution in [2.24, 2.45) is 0 Å². The molecule has 4 amide bonds. The average molecular weight is 321 g/mol. The Morgan fingerprint density at radius 1 is 1.41 bits per heavy atom. The highest BCUT2D eigenvalue weighted by molar-refractivity contribution is 7.98. The summed E-state index contributed by atoms with van der Waals surface area (Å²) in [7, 11) is 0. The molecule has 0 spiro atoms. The van der Waals surface area contributed by atoms with Crippen molar-refractivity contribution in [3.05, 3.63) is 29.8 Å². The minimum atomic E-state index is -0.522. The molecular formula is C15H19N3O3S. The minimum Gasteiger partial charge on any atom is -0.326 e. The summed E-state index contributed by atoms with van der Waals surface area (Å²) >= 11 is 1.61. The molecule has 0 aromatic heterocycles. The van der Waals surface area contributed by atoms with Gasteiger partial charge >= 0.3 is 6.03 Å². The van der Waals surface area contributed by atoms with Crippen LogP contribution in [-0.4, -0.2) is 47.3 Å². The van der Waals surface area contributed by atoms with E-state index in [-0.39, 0.29) is 18.4 Å². The van der Waals surface area contributed by atoms with Crippen LogP contribution in [-0.2, 0) is 9.59 Å². The summed E-state index contributed by atoms with van der Waals surface area (Å²) in [5.74, 6) is 0.0538. The molecule has 1 heterocycles. The number of carbonyl (C=O) groups excluding carboxylic acids is 3. The molecule has 1 aromatic rings. The van der Waals surface area contributed by atoms with Gasteiger partial charge in [-0.3, -0.25) is 14.5 Å². The molecule has 2 rings (SSSR count). The van der Waals surface area contributed by atoms with Crippen molar-refractivity contribution < 1.29 is 14.4 Å². The van der Waals surface area contributed by atoms with Gasteiger partial charge in [-0.05, 0) is 43.0 Å². The van der Waals surface area contributed by atoms with Crippen LogP contribution in [0.2, 0.25) is 0 Å². The monoisotopic (exact) mass is 321 g/mol. The van der Waals surface area contributed by atoms with Gasteiger partial charge in [0.2, 0.25) is 5.91 Å². The van der Waals surface area contributed by atoms with E-state index in [1.54, 1.807) is 17.8 Å². The normalized spacial score (nSPS) is 17.5. The predicted molar refractivity (Wildman–Crippen MR) is 86.8 cm³/mol. The molecule has 1 unspecified atom stereocenters. The summed E-state index contributed by atoms with van der Waals surface area (Å²) in [4.78, 5) is 36.9. The van der Waals surface area contributed by atoms with Crippen LogP contribution in [0.5, 0.6) is 0 Å². The highest BCUT2D eigenvalue weighted by atomic mass is 32.2. The quantitative estimate of drug-likeness (QED) is 0.780. The second-order valence-electron chi connectivity index (χ2n) is 5.13. The van der Waals surface area contributed by atoms with Crippen LogP contribution in [0, 0.1) is 6.92 Å². The fourth-order valence-electron chi connectivity index (χ4n) is 2.22. The number of thioether (sulfide) groups is 1. The van der Waals surface area contributed by atoms with Crippen LogP contribution < -0.4 is 10.6 Å². The van der Waals surface area contributed by atoms with E-state index in [1.165, 1.54) is 0 Å². The molecule has 0 radical (unpaired) electrons. The highest BCUT2D eigenvalue weighted by Crippen LogP contribution is 2.13. The van der Waals surface area contributed by atoms with E-state index in [2.05, 4.69) is 10.6 Å². The number of nitrogens with one attached hydrogen (secondary N) is 2. The number of imide groups is 1. The number of nitrogens with zero attached hydrogens (tertiary/aromatic N) is 1. The first-order chi connectivity index (χ1) is 10.5. The number of benzene rings is 1. The van der Waals surface area contributed by atoms with Crippen molar-refractivity contribution in [2.45, 2.75) is 19.4 Å². The fraction of sp³-hybridized carbons (Fsp3) is 0.400. The SMILES string of the molecule is CSCCC1NC(=O)N(CC(=O)Nc2cccc(C)c2)C1=O. The van der Waals surface area contributed by atoms with E-state index >= 15 is 0 Å². The average Bonchev–Trinajstić information content (AvgIpc) is 2.72. The van der Waals surface area contributed by atoms with Gasteiger partial charge in [-0.2, -0.15) is 11.8 Å². The number of urea groups is 1. The first-order valence-corrected chi connectivity index (χ1v) is 8.38. The molecule has 1 aromatic carbocycles. The van der Waals surface area contributed by atoms with Crippen LogP contribution in [0.25, 0.3) is 0 Å². The van der Waals surface area contributed by atoms with Crippen LogP contribution in [0.3, 0.4) is 0 Å². The summed E-state index contributed by atoms with van der Waals surface area (Å²) in [6.45, 7) is 1.65. The number of hydrogen-bond donors (Lipinski definition) is 2. The zero-order valence-corrected chi connectivity index (χ0v) is 13.4. The van der Waals surface area contributed by atoms with E-state index in [4.69, 9.17) is 0 Å². The number of anilines is 1. The van der Waals surface area contributed by atoms with Gasteiger partial charge in [0, 0.05) is 5.69 Å². The lowest BCUT2D eigenvalue weighted by Crippen LogP contribution is -2.38. The molecule has 7 heteroatoms. The van der Waals surface area contributed by atoms with Crippen LogP contribution in [0.1, 0.15) is 12.0 Å². The molecular weight excluding hydrogens is 302 g/mol. The van der Waals surface area contributed by atoms with Crippen molar-refractivity contribution in [2.75, 3.05) is 23.9 Å². The van der Waals surface area contributed by atoms with E-state index in [0.717, 1.165) is 16.2 Å². The molecule has 0 saturated carbocycles. The van der Waals surface area contributed by atoms with Gasteiger partial charge in [0.15, 0.2) is 0 Å². The Balaban J connectivity index is 1.93. The summed E-state index contributed by atoms with van der Waals surface area (Å²) in [5, 5.41) is 5.30. The van der Waals surface area contributed by atoms with E-state index in [9.17, 15) is 14.4 Å². The summed E-state index contributed by atoms with van der Waals surface area (Å²) in [6.07, 6.45) is 2.51. The van der Waals surface area contributed by atoms with Gasteiger partial charge in [-0.1, -0.05) is 12.1 Å². The maximum Gasteiger partial charge on any atom is 0.325 e. The molecule has 2 N–H and O–H groups in total. The van der Waals surface area contributed by atoms with Gasteiger partial charge < -0.3 is 10.6 Å². The Morgan fingerprint density at radius 3 is 2.86 bits per heavy atom. The Kier molecular flexibility index (Phi) is 5.43. The molecule has 118 valence electrons. The smallest absolute Gasteiger partial charge is 0.325 e. The van der Waals surface area contributed by atoms with Crippen LogP contribution >= 0.6 is 11.8 Å². The Bertz CT molecular complexity index is 591. The maximum atomic E-state index is 12.1. The number of carbonyl (C=O) groups is 3. The van der Waals surface area contributed by atoms with Crippen molar-refractivity contribution >= 4 is 35.3 Å². The first-order valence-electron chi connectivity index (χ1n) is 6.98. The van der Waals surface area contributed by atoms with Crippen LogP contribution in [0.15, 0.2) is 24.3 Å².